The number of allylic oxidation sites excluding steroid dienone is 8. The van der Waals surface area contributed by atoms with Crippen LogP contribution in [0.1, 0.15) is 31.2 Å². The van der Waals surface area contributed by atoms with Gasteiger partial charge < -0.3 is 0 Å². The lowest BCUT2D eigenvalue weighted by Crippen LogP contribution is -2.17. The first-order valence-electron chi connectivity index (χ1n) is 9.47. The Morgan fingerprint density at radius 2 is 1.89 bits per heavy atom. The van der Waals surface area contributed by atoms with E-state index in [-0.39, 0.29) is 11.7 Å². The molecule has 0 amide bonds. The number of aromatic amines is 3. The highest BCUT2D eigenvalue weighted by Crippen LogP contribution is 2.34. The summed E-state index contributed by atoms with van der Waals surface area (Å²) >= 11 is 0. The molecule has 7 nitrogen and oxygen atoms in total. The Morgan fingerprint density at radius 3 is 2.85 bits per heavy atom. The van der Waals surface area contributed by atoms with Crippen molar-refractivity contribution in [1.29, 1.82) is 0 Å². The lowest BCUT2D eigenvalue weighted by atomic mass is 9.92. The van der Waals surface area contributed by atoms with Crippen molar-refractivity contribution in [3.05, 3.63) is 65.4 Å². The average Bonchev–Trinajstić information content (AvgIpc) is 3.34. The number of ketones is 1. The Kier molecular flexibility index (Phi) is 3.85. The minimum Gasteiger partial charge on any atom is -0.294 e. The highest BCUT2D eigenvalue weighted by Gasteiger charge is 2.25. The monoisotopic (exact) mass is 362 g/mol. The van der Waals surface area contributed by atoms with Gasteiger partial charge in [0.25, 0.3) is 0 Å². The number of hydrogen-bond acceptors (Lipinski definition) is 2. The minimum absolute atomic E-state index is 0.183. The molecule has 27 heavy (non-hydrogen) atoms. The summed E-state index contributed by atoms with van der Waals surface area (Å²) in [5, 5.41) is 9.16. The molecule has 0 spiro atoms. The molecule has 3 aliphatic rings. The fourth-order valence-electron chi connectivity index (χ4n) is 4.00. The van der Waals surface area contributed by atoms with E-state index in [1.165, 1.54) is 5.56 Å². The lowest BCUT2D eigenvalue weighted by Gasteiger charge is -2.18. The number of fused-ring (bicyclic) bond motifs is 4. The van der Waals surface area contributed by atoms with Crippen LogP contribution >= 0.6 is 0 Å². The Balaban J connectivity index is 1.68. The van der Waals surface area contributed by atoms with Gasteiger partial charge >= 0.3 is 0 Å². The van der Waals surface area contributed by atoms with Crippen LogP contribution in [0.3, 0.4) is 0 Å². The summed E-state index contributed by atoms with van der Waals surface area (Å²) in [5.74, 6) is 1.29. The SMILES string of the molecule is O=C1CCCCCc2cccnc2-n2[nH][nH][nH]n2C2=CC3=C1C=CC3C=C2. The van der Waals surface area contributed by atoms with E-state index in [0.717, 1.165) is 48.3 Å². The molecule has 138 valence electrons. The molecule has 2 aromatic heterocycles. The van der Waals surface area contributed by atoms with Gasteiger partial charge in [0, 0.05) is 24.1 Å². The smallest absolute Gasteiger partial charge is 0.176 e. The van der Waals surface area contributed by atoms with Gasteiger partial charge in [-0.25, -0.2) is 20.6 Å². The van der Waals surface area contributed by atoms with Crippen LogP contribution in [0.2, 0.25) is 0 Å². The zero-order chi connectivity index (χ0) is 18.2. The summed E-state index contributed by atoms with van der Waals surface area (Å²) in [7, 11) is 0. The van der Waals surface area contributed by atoms with Gasteiger partial charge in [0.05, 0.1) is 5.70 Å². The predicted octanol–water partition coefficient (Wildman–Crippen LogP) is 3.36. The first-order chi connectivity index (χ1) is 13.3. The van der Waals surface area contributed by atoms with Crippen LogP contribution in [0.15, 0.2) is 59.9 Å². The maximum Gasteiger partial charge on any atom is 0.176 e. The molecule has 1 aliphatic heterocycles. The largest absolute Gasteiger partial charge is 0.294 e. The van der Waals surface area contributed by atoms with Crippen LogP contribution in [0.5, 0.6) is 0 Å². The molecule has 2 aliphatic carbocycles. The van der Waals surface area contributed by atoms with E-state index in [2.05, 4.69) is 51.0 Å². The number of nitrogens with one attached hydrogen (secondary N) is 3. The van der Waals surface area contributed by atoms with Crippen molar-refractivity contribution in [2.75, 3.05) is 0 Å². The van der Waals surface area contributed by atoms with Crippen molar-refractivity contribution >= 4 is 11.5 Å². The van der Waals surface area contributed by atoms with Crippen LogP contribution in [-0.4, -0.2) is 36.0 Å². The highest BCUT2D eigenvalue weighted by molar-refractivity contribution is 6.00. The molecule has 5 rings (SSSR count). The molecule has 0 fully saturated rings. The number of pyridine rings is 1. The molecule has 2 aromatic rings. The first-order valence-corrected chi connectivity index (χ1v) is 9.47. The number of aromatic nitrogens is 6. The van der Waals surface area contributed by atoms with E-state index in [0.29, 0.717) is 6.42 Å². The summed E-state index contributed by atoms with van der Waals surface area (Å²) in [6.07, 6.45) is 16.7. The third-order valence-corrected chi connectivity index (χ3v) is 5.40. The van der Waals surface area contributed by atoms with Gasteiger partial charge in [-0.05, 0) is 48.6 Å². The third kappa shape index (κ3) is 2.75. The number of carbonyl (C=O) groups is 1. The van der Waals surface area contributed by atoms with Crippen molar-refractivity contribution in [3.63, 3.8) is 0 Å². The molecule has 1 atom stereocenters. The van der Waals surface area contributed by atoms with Crippen LogP contribution < -0.4 is 0 Å². The third-order valence-electron chi connectivity index (χ3n) is 5.40. The second-order valence-corrected chi connectivity index (χ2v) is 7.12. The zero-order valence-corrected chi connectivity index (χ0v) is 15.0. The van der Waals surface area contributed by atoms with E-state index in [9.17, 15) is 4.79 Å². The fourth-order valence-corrected chi connectivity index (χ4v) is 4.00. The molecular formula is C20H22N6O. The molecule has 7 heteroatoms. The quantitative estimate of drug-likeness (QED) is 0.671. The van der Waals surface area contributed by atoms with Gasteiger partial charge in [-0.2, -0.15) is 4.80 Å². The van der Waals surface area contributed by atoms with E-state index < -0.39 is 0 Å². The van der Waals surface area contributed by atoms with Gasteiger partial charge in [0.15, 0.2) is 11.6 Å². The molecule has 3 N–H and O–H groups in total. The number of H-pyrrole nitrogens is 3. The Labute approximate surface area is 156 Å². The number of nitrogens with zero attached hydrogens (tertiary/aromatic N) is 3. The van der Waals surface area contributed by atoms with E-state index in [1.807, 2.05) is 21.7 Å². The Bertz CT molecular complexity index is 1040. The van der Waals surface area contributed by atoms with Gasteiger partial charge in [-0.1, -0.05) is 30.7 Å². The summed E-state index contributed by atoms with van der Waals surface area (Å²) in [4.78, 5) is 21.1. The van der Waals surface area contributed by atoms with E-state index in [4.69, 9.17) is 0 Å². The van der Waals surface area contributed by atoms with Gasteiger partial charge in [-0.3, -0.25) is 4.79 Å². The number of Topliss-reactive ketones (excluding diaryl/α,β-unsaturated/α-hetero) is 1. The molecule has 3 heterocycles. The summed E-state index contributed by atoms with van der Waals surface area (Å²) in [6.45, 7) is 0. The van der Waals surface area contributed by atoms with Gasteiger partial charge in [0.1, 0.15) is 0 Å². The Morgan fingerprint density at radius 1 is 1.04 bits per heavy atom. The topological polar surface area (TPSA) is 87.2 Å². The van der Waals surface area contributed by atoms with Crippen LogP contribution in [0, 0.1) is 5.92 Å². The van der Waals surface area contributed by atoms with Gasteiger partial charge in [0.2, 0.25) is 0 Å². The van der Waals surface area contributed by atoms with Gasteiger partial charge in [-0.15, -0.1) is 4.80 Å². The maximum atomic E-state index is 12.7. The number of rotatable bonds is 0. The molecular weight excluding hydrogens is 340 g/mol. The maximum absolute atomic E-state index is 12.7. The lowest BCUT2D eigenvalue weighted by molar-refractivity contribution is -0.115. The normalized spacial score (nSPS) is 21.6. The van der Waals surface area contributed by atoms with Crippen molar-refractivity contribution in [2.45, 2.75) is 32.1 Å². The molecule has 0 saturated carbocycles. The summed E-state index contributed by atoms with van der Waals surface area (Å²) < 4.78 is 0. The first kappa shape index (κ1) is 16.0. The molecule has 2 bridgehead atoms. The average molecular weight is 362 g/mol. The standard InChI is InChI=1S/C20H22N6O/c27-19-7-3-1-2-5-15-6-4-12-21-20(15)26-24-22-23-25(26)16-10-8-14-9-11-17(19)18(14)13-16/h4,6,8-14,22-24H,1-3,5,7H2. The van der Waals surface area contributed by atoms with E-state index in [1.54, 1.807) is 6.20 Å². The number of hydrogen-bond donors (Lipinski definition) is 3. The second kappa shape index (κ2) is 6.50. The van der Waals surface area contributed by atoms with Crippen molar-refractivity contribution in [3.8, 4) is 5.82 Å². The fraction of sp³-hybridized carbons (Fsp3) is 0.300. The van der Waals surface area contributed by atoms with Crippen LogP contribution in [-0.2, 0) is 11.2 Å². The van der Waals surface area contributed by atoms with Crippen LogP contribution in [0.4, 0.5) is 0 Å². The molecule has 0 aromatic carbocycles. The minimum atomic E-state index is 0.183. The Hall–Kier alpha value is -3.22. The number of carbonyl (C=O) groups excluding carboxylic acids is 1. The van der Waals surface area contributed by atoms with Crippen molar-refractivity contribution < 1.29 is 4.79 Å². The predicted molar refractivity (Wildman–Crippen MR) is 102 cm³/mol. The van der Waals surface area contributed by atoms with Crippen molar-refractivity contribution in [1.82, 2.24) is 30.2 Å². The summed E-state index contributed by atoms with van der Waals surface area (Å²) in [6, 6.07) is 4.08. The van der Waals surface area contributed by atoms with E-state index >= 15 is 0 Å². The summed E-state index contributed by atoms with van der Waals surface area (Å²) in [5.41, 5.74) is 4.03. The second-order valence-electron chi connectivity index (χ2n) is 7.12. The molecule has 0 saturated heterocycles. The zero-order valence-electron chi connectivity index (χ0n) is 15.0. The van der Waals surface area contributed by atoms with Crippen LogP contribution in [0.25, 0.3) is 11.5 Å². The molecule has 0 radical (unpaired) electrons. The van der Waals surface area contributed by atoms with Crippen molar-refractivity contribution in [2.24, 2.45) is 5.92 Å². The molecule has 1 unspecified atom stereocenters. The highest BCUT2D eigenvalue weighted by atomic mass is 16.1. The number of aryl methyl sites for hydroxylation is 1.